The third kappa shape index (κ3) is 3.82. The highest BCUT2D eigenvalue weighted by Crippen LogP contribution is 2.09. The van der Waals surface area contributed by atoms with Gasteiger partial charge in [0.25, 0.3) is 0 Å². The summed E-state index contributed by atoms with van der Waals surface area (Å²) in [5.74, 6) is 0.107. The first-order chi connectivity index (χ1) is 8.06. The fraction of sp³-hybridized carbons (Fsp3) is 0.538. The molecule has 0 aliphatic rings. The standard InChI is InChI=1S/C13H21N3O/c1-5-16(4)13(17)11(3)15-10(2)12-8-6-7-9-14-12/h6-11,15H,5H2,1-4H3. The minimum absolute atomic E-state index is 0.0698. The van der Waals surface area contributed by atoms with E-state index in [9.17, 15) is 4.79 Å². The first kappa shape index (κ1) is 13.6. The maximum atomic E-state index is 11.9. The van der Waals surface area contributed by atoms with Crippen molar-refractivity contribution in [3.63, 3.8) is 0 Å². The van der Waals surface area contributed by atoms with Crippen molar-refractivity contribution in [2.45, 2.75) is 32.9 Å². The summed E-state index contributed by atoms with van der Waals surface area (Å²) < 4.78 is 0. The van der Waals surface area contributed by atoms with E-state index >= 15 is 0 Å². The summed E-state index contributed by atoms with van der Waals surface area (Å²) in [7, 11) is 1.81. The second-order valence-electron chi connectivity index (χ2n) is 4.22. The van der Waals surface area contributed by atoms with E-state index in [1.165, 1.54) is 0 Å². The molecule has 1 aromatic rings. The predicted molar refractivity (Wildman–Crippen MR) is 68.6 cm³/mol. The molecule has 0 aliphatic heterocycles. The van der Waals surface area contributed by atoms with Crippen LogP contribution in [0.25, 0.3) is 0 Å². The molecule has 0 spiro atoms. The monoisotopic (exact) mass is 235 g/mol. The van der Waals surface area contributed by atoms with E-state index in [0.29, 0.717) is 0 Å². The Morgan fingerprint density at radius 1 is 1.47 bits per heavy atom. The molecule has 0 saturated heterocycles. The minimum atomic E-state index is -0.197. The van der Waals surface area contributed by atoms with Crippen LogP contribution in [0.2, 0.25) is 0 Å². The highest BCUT2D eigenvalue weighted by Gasteiger charge is 2.18. The van der Waals surface area contributed by atoms with Crippen molar-refractivity contribution in [1.82, 2.24) is 15.2 Å². The molecule has 1 rings (SSSR count). The van der Waals surface area contributed by atoms with Gasteiger partial charge in [0, 0.05) is 25.8 Å². The van der Waals surface area contributed by atoms with Gasteiger partial charge in [-0.1, -0.05) is 6.07 Å². The summed E-state index contributed by atoms with van der Waals surface area (Å²) in [6.45, 7) is 6.58. The number of carbonyl (C=O) groups excluding carboxylic acids is 1. The number of rotatable bonds is 5. The van der Waals surface area contributed by atoms with Gasteiger partial charge in [-0.05, 0) is 32.9 Å². The van der Waals surface area contributed by atoms with Crippen molar-refractivity contribution in [2.75, 3.05) is 13.6 Å². The van der Waals surface area contributed by atoms with Gasteiger partial charge in [0.05, 0.1) is 11.7 Å². The summed E-state index contributed by atoms with van der Waals surface area (Å²) in [4.78, 5) is 17.9. The second kappa shape index (κ2) is 6.35. The molecule has 0 fully saturated rings. The molecule has 4 heteroatoms. The highest BCUT2D eigenvalue weighted by atomic mass is 16.2. The summed E-state index contributed by atoms with van der Waals surface area (Å²) in [6.07, 6.45) is 1.76. The van der Waals surface area contributed by atoms with Crippen LogP contribution in [0.4, 0.5) is 0 Å². The Labute approximate surface area is 103 Å². The van der Waals surface area contributed by atoms with Crippen molar-refractivity contribution in [3.8, 4) is 0 Å². The number of pyridine rings is 1. The lowest BCUT2D eigenvalue weighted by Gasteiger charge is -2.23. The number of hydrogen-bond acceptors (Lipinski definition) is 3. The van der Waals surface area contributed by atoms with Crippen molar-refractivity contribution >= 4 is 5.91 Å². The molecule has 1 aromatic heterocycles. The van der Waals surface area contributed by atoms with E-state index < -0.39 is 0 Å². The molecule has 17 heavy (non-hydrogen) atoms. The minimum Gasteiger partial charge on any atom is -0.345 e. The number of carbonyl (C=O) groups is 1. The Morgan fingerprint density at radius 3 is 2.71 bits per heavy atom. The molecule has 0 bridgehead atoms. The lowest BCUT2D eigenvalue weighted by atomic mass is 10.2. The van der Waals surface area contributed by atoms with Crippen LogP contribution in [0.1, 0.15) is 32.5 Å². The van der Waals surface area contributed by atoms with E-state index in [-0.39, 0.29) is 18.0 Å². The number of nitrogens with one attached hydrogen (secondary N) is 1. The Kier molecular flexibility index (Phi) is 5.10. The maximum Gasteiger partial charge on any atom is 0.239 e. The summed E-state index contributed by atoms with van der Waals surface area (Å²) in [5, 5.41) is 3.26. The van der Waals surface area contributed by atoms with Crippen molar-refractivity contribution in [1.29, 1.82) is 0 Å². The average molecular weight is 235 g/mol. The predicted octanol–water partition coefficient (Wildman–Crippen LogP) is 1.60. The van der Waals surface area contributed by atoms with Crippen molar-refractivity contribution in [2.24, 2.45) is 0 Å². The summed E-state index contributed by atoms with van der Waals surface area (Å²) in [6, 6.07) is 5.66. The van der Waals surface area contributed by atoms with Gasteiger partial charge in [0.2, 0.25) is 5.91 Å². The second-order valence-corrected chi connectivity index (χ2v) is 4.22. The van der Waals surface area contributed by atoms with Crippen LogP contribution in [0.5, 0.6) is 0 Å². The van der Waals surface area contributed by atoms with Crippen LogP contribution < -0.4 is 5.32 Å². The van der Waals surface area contributed by atoms with E-state index in [1.807, 2.05) is 46.0 Å². The average Bonchev–Trinajstić information content (AvgIpc) is 2.37. The molecule has 0 aromatic carbocycles. The molecule has 4 nitrogen and oxygen atoms in total. The summed E-state index contributed by atoms with van der Waals surface area (Å²) >= 11 is 0. The van der Waals surface area contributed by atoms with Crippen LogP contribution in [-0.4, -0.2) is 35.4 Å². The van der Waals surface area contributed by atoms with Crippen LogP contribution in [0.3, 0.4) is 0 Å². The lowest BCUT2D eigenvalue weighted by Crippen LogP contribution is -2.44. The molecular weight excluding hydrogens is 214 g/mol. The molecule has 0 saturated carbocycles. The molecule has 1 heterocycles. The van der Waals surface area contributed by atoms with E-state index in [1.54, 1.807) is 11.1 Å². The molecule has 94 valence electrons. The molecule has 1 N–H and O–H groups in total. The van der Waals surface area contributed by atoms with Crippen LogP contribution >= 0.6 is 0 Å². The lowest BCUT2D eigenvalue weighted by molar-refractivity contribution is -0.131. The van der Waals surface area contributed by atoms with Gasteiger partial charge >= 0.3 is 0 Å². The zero-order valence-electron chi connectivity index (χ0n) is 11.0. The number of aromatic nitrogens is 1. The van der Waals surface area contributed by atoms with Crippen LogP contribution in [0.15, 0.2) is 24.4 Å². The molecule has 1 amide bonds. The van der Waals surface area contributed by atoms with E-state index in [2.05, 4.69) is 10.3 Å². The highest BCUT2D eigenvalue weighted by molar-refractivity contribution is 5.81. The number of hydrogen-bond donors (Lipinski definition) is 1. The topological polar surface area (TPSA) is 45.2 Å². The number of nitrogens with zero attached hydrogens (tertiary/aromatic N) is 2. The zero-order valence-corrected chi connectivity index (χ0v) is 11.0. The van der Waals surface area contributed by atoms with Gasteiger partial charge in [0.1, 0.15) is 0 Å². The molecule has 2 atom stereocenters. The normalized spacial score (nSPS) is 14.1. The zero-order chi connectivity index (χ0) is 12.8. The smallest absolute Gasteiger partial charge is 0.239 e. The Balaban J connectivity index is 2.57. The molecule has 2 unspecified atom stereocenters. The number of likely N-dealkylation sites (N-methyl/N-ethyl adjacent to an activating group) is 1. The van der Waals surface area contributed by atoms with Crippen molar-refractivity contribution < 1.29 is 4.79 Å². The van der Waals surface area contributed by atoms with Crippen molar-refractivity contribution in [3.05, 3.63) is 30.1 Å². The van der Waals surface area contributed by atoms with Gasteiger partial charge in [-0.3, -0.25) is 15.1 Å². The fourth-order valence-corrected chi connectivity index (χ4v) is 1.65. The number of amides is 1. The molecular formula is C13H21N3O. The quantitative estimate of drug-likeness (QED) is 0.843. The van der Waals surface area contributed by atoms with Crippen LogP contribution in [-0.2, 0) is 4.79 Å². The van der Waals surface area contributed by atoms with Crippen LogP contribution in [0, 0.1) is 0 Å². The van der Waals surface area contributed by atoms with Gasteiger partial charge in [-0.25, -0.2) is 0 Å². The van der Waals surface area contributed by atoms with Gasteiger partial charge in [-0.15, -0.1) is 0 Å². The van der Waals surface area contributed by atoms with Gasteiger partial charge in [-0.2, -0.15) is 0 Å². The third-order valence-corrected chi connectivity index (χ3v) is 2.85. The van der Waals surface area contributed by atoms with Gasteiger partial charge in [0.15, 0.2) is 0 Å². The van der Waals surface area contributed by atoms with E-state index in [0.717, 1.165) is 12.2 Å². The Bertz CT molecular complexity index is 353. The largest absolute Gasteiger partial charge is 0.345 e. The molecule has 0 radical (unpaired) electrons. The first-order valence-corrected chi connectivity index (χ1v) is 5.98. The SMILES string of the molecule is CCN(C)C(=O)C(C)NC(C)c1ccccn1. The van der Waals surface area contributed by atoms with E-state index in [4.69, 9.17) is 0 Å². The Hall–Kier alpha value is -1.42. The fourth-order valence-electron chi connectivity index (χ4n) is 1.65. The summed E-state index contributed by atoms with van der Waals surface area (Å²) in [5.41, 5.74) is 0.950. The molecule has 0 aliphatic carbocycles. The first-order valence-electron chi connectivity index (χ1n) is 5.98. The van der Waals surface area contributed by atoms with Gasteiger partial charge < -0.3 is 4.90 Å². The third-order valence-electron chi connectivity index (χ3n) is 2.85. The maximum absolute atomic E-state index is 11.9. The Morgan fingerprint density at radius 2 is 2.18 bits per heavy atom.